The number of benzene rings is 1. The van der Waals surface area contributed by atoms with Gasteiger partial charge < -0.3 is 0 Å². The smallest absolute Gasteiger partial charge is 0.290 e. The molecule has 7 heteroatoms. The third kappa shape index (κ3) is 1.71. The lowest BCUT2D eigenvalue weighted by Crippen LogP contribution is -2.17. The van der Waals surface area contributed by atoms with Crippen LogP contribution in [0.2, 0.25) is 0 Å². The summed E-state index contributed by atoms with van der Waals surface area (Å²) in [6.45, 7) is 0. The zero-order valence-corrected chi connectivity index (χ0v) is 10.6. The van der Waals surface area contributed by atoms with Gasteiger partial charge in [-0.05, 0) is 24.3 Å². The third-order valence-electron chi connectivity index (χ3n) is 3.19. The minimum Gasteiger partial charge on any atom is -0.290 e. The van der Waals surface area contributed by atoms with Crippen molar-refractivity contribution in [3.05, 3.63) is 58.9 Å². The number of fused-ring (bicyclic) bond motifs is 3. The fourth-order valence-electron chi connectivity index (χ4n) is 2.22. The van der Waals surface area contributed by atoms with Gasteiger partial charge in [0.05, 0.1) is 10.9 Å². The van der Waals surface area contributed by atoms with Gasteiger partial charge in [0.25, 0.3) is 0 Å². The van der Waals surface area contributed by atoms with Crippen LogP contribution in [0.4, 0.5) is 4.39 Å². The number of rotatable bonds is 1. The minimum atomic E-state index is -0.466. The number of hydrogen-bond donors (Lipinski definition) is 1. The molecule has 0 saturated carbocycles. The third-order valence-corrected chi connectivity index (χ3v) is 3.19. The monoisotopic (exact) mass is 281 g/mol. The Labute approximate surface area is 116 Å². The second-order valence-electron chi connectivity index (χ2n) is 4.48. The lowest BCUT2D eigenvalue weighted by molar-refractivity contribution is 0.630. The maximum absolute atomic E-state index is 13.8. The Morgan fingerprint density at radius 1 is 1.14 bits per heavy atom. The zero-order chi connectivity index (χ0) is 14.4. The van der Waals surface area contributed by atoms with Gasteiger partial charge in [-0.25, -0.2) is 19.2 Å². The molecule has 0 atom stereocenters. The maximum atomic E-state index is 13.8. The Morgan fingerprint density at radius 3 is 2.86 bits per heavy atom. The van der Waals surface area contributed by atoms with Gasteiger partial charge in [-0.3, -0.25) is 4.98 Å². The average Bonchev–Trinajstić information content (AvgIpc) is 2.94. The normalized spacial score (nSPS) is 11.3. The van der Waals surface area contributed by atoms with Gasteiger partial charge in [0, 0.05) is 6.20 Å². The SMILES string of the molecule is O=c1[nH]c2ncccc2c2nc(-c3ccccc3F)nn12. The van der Waals surface area contributed by atoms with Crippen molar-refractivity contribution in [2.45, 2.75) is 0 Å². The van der Waals surface area contributed by atoms with Gasteiger partial charge >= 0.3 is 5.69 Å². The summed E-state index contributed by atoms with van der Waals surface area (Å²) in [5.74, 6) is -0.276. The molecule has 4 rings (SSSR count). The predicted octanol–water partition coefficient (Wildman–Crippen LogP) is 1.77. The van der Waals surface area contributed by atoms with E-state index in [1.165, 1.54) is 6.07 Å². The van der Waals surface area contributed by atoms with E-state index in [4.69, 9.17) is 0 Å². The molecule has 0 aliphatic carbocycles. The molecule has 21 heavy (non-hydrogen) atoms. The molecule has 0 spiro atoms. The molecule has 102 valence electrons. The molecule has 3 aromatic heterocycles. The van der Waals surface area contributed by atoms with E-state index < -0.39 is 11.5 Å². The van der Waals surface area contributed by atoms with Crippen molar-refractivity contribution in [1.82, 2.24) is 24.6 Å². The molecule has 0 saturated heterocycles. The van der Waals surface area contributed by atoms with Gasteiger partial charge in [0.1, 0.15) is 11.5 Å². The molecule has 1 N–H and O–H groups in total. The molecule has 3 heterocycles. The number of nitrogens with one attached hydrogen (secondary N) is 1. The van der Waals surface area contributed by atoms with Crippen molar-refractivity contribution in [2.75, 3.05) is 0 Å². The Kier molecular flexibility index (Phi) is 2.34. The standard InChI is InChI=1S/C14H8FN5O/c15-10-6-2-1-4-8(10)12-17-13-9-5-3-7-16-11(9)18-14(21)20(13)19-12/h1-7H,(H,16,18,21). The Bertz CT molecular complexity index is 1040. The first-order valence-corrected chi connectivity index (χ1v) is 6.23. The lowest BCUT2D eigenvalue weighted by atomic mass is 10.2. The molecular weight excluding hydrogens is 273 g/mol. The second-order valence-corrected chi connectivity index (χ2v) is 4.48. The molecule has 0 amide bonds. The van der Waals surface area contributed by atoms with Crippen LogP contribution in [0, 0.1) is 5.82 Å². The number of aromatic nitrogens is 5. The zero-order valence-electron chi connectivity index (χ0n) is 10.6. The number of hydrogen-bond acceptors (Lipinski definition) is 4. The van der Waals surface area contributed by atoms with Crippen molar-refractivity contribution in [3.63, 3.8) is 0 Å². The fourth-order valence-corrected chi connectivity index (χ4v) is 2.22. The first kappa shape index (κ1) is 11.7. The highest BCUT2D eigenvalue weighted by Crippen LogP contribution is 2.21. The minimum absolute atomic E-state index is 0.162. The lowest BCUT2D eigenvalue weighted by Gasteiger charge is -1.96. The molecule has 4 aromatic rings. The van der Waals surface area contributed by atoms with Crippen molar-refractivity contribution >= 4 is 16.7 Å². The van der Waals surface area contributed by atoms with Gasteiger partial charge in [-0.1, -0.05) is 12.1 Å². The topological polar surface area (TPSA) is 75.9 Å². The summed E-state index contributed by atoms with van der Waals surface area (Å²) in [5, 5.41) is 4.73. The summed E-state index contributed by atoms with van der Waals surface area (Å²) in [4.78, 5) is 23.0. The van der Waals surface area contributed by atoms with Gasteiger partial charge in [-0.15, -0.1) is 5.10 Å². The molecular formula is C14H8FN5O. The van der Waals surface area contributed by atoms with Crippen LogP contribution in [0.1, 0.15) is 0 Å². The molecule has 0 unspecified atom stereocenters. The van der Waals surface area contributed by atoms with Gasteiger partial charge in [-0.2, -0.15) is 4.52 Å². The first-order chi connectivity index (χ1) is 10.2. The van der Waals surface area contributed by atoms with Crippen LogP contribution < -0.4 is 5.69 Å². The van der Waals surface area contributed by atoms with Crippen LogP contribution in [0.5, 0.6) is 0 Å². The van der Waals surface area contributed by atoms with Crippen molar-refractivity contribution in [1.29, 1.82) is 0 Å². The first-order valence-electron chi connectivity index (χ1n) is 6.23. The Hall–Kier alpha value is -3.09. The molecule has 0 bridgehead atoms. The van der Waals surface area contributed by atoms with Crippen LogP contribution >= 0.6 is 0 Å². The highest BCUT2D eigenvalue weighted by Gasteiger charge is 2.14. The van der Waals surface area contributed by atoms with Crippen molar-refractivity contribution in [3.8, 4) is 11.4 Å². The van der Waals surface area contributed by atoms with Crippen LogP contribution in [-0.4, -0.2) is 24.6 Å². The number of H-pyrrole nitrogens is 1. The second kappa shape index (κ2) is 4.20. The van der Waals surface area contributed by atoms with E-state index in [0.717, 1.165) is 4.52 Å². The Morgan fingerprint density at radius 2 is 2.00 bits per heavy atom. The van der Waals surface area contributed by atoms with E-state index in [1.807, 2.05) is 0 Å². The summed E-state index contributed by atoms with van der Waals surface area (Å²) >= 11 is 0. The van der Waals surface area contributed by atoms with E-state index in [9.17, 15) is 9.18 Å². The highest BCUT2D eigenvalue weighted by atomic mass is 19.1. The molecule has 0 aliphatic rings. The van der Waals surface area contributed by atoms with Crippen molar-refractivity contribution < 1.29 is 4.39 Å². The summed E-state index contributed by atoms with van der Waals surface area (Å²) in [6, 6.07) is 9.67. The number of pyridine rings is 1. The number of halogens is 1. The summed E-state index contributed by atoms with van der Waals surface area (Å²) < 4.78 is 14.9. The maximum Gasteiger partial charge on any atom is 0.349 e. The van der Waals surface area contributed by atoms with Gasteiger partial charge in [0.15, 0.2) is 11.5 Å². The van der Waals surface area contributed by atoms with E-state index in [1.54, 1.807) is 36.5 Å². The van der Waals surface area contributed by atoms with Gasteiger partial charge in [0.2, 0.25) is 0 Å². The predicted molar refractivity (Wildman–Crippen MR) is 74.3 cm³/mol. The molecule has 1 aromatic carbocycles. The summed E-state index contributed by atoms with van der Waals surface area (Å²) in [6.07, 6.45) is 1.57. The van der Waals surface area contributed by atoms with Crippen LogP contribution in [0.25, 0.3) is 28.1 Å². The van der Waals surface area contributed by atoms with Crippen LogP contribution in [0.3, 0.4) is 0 Å². The van der Waals surface area contributed by atoms with E-state index >= 15 is 0 Å². The van der Waals surface area contributed by atoms with E-state index in [2.05, 4.69) is 20.1 Å². The Balaban J connectivity index is 2.11. The van der Waals surface area contributed by atoms with Crippen LogP contribution in [-0.2, 0) is 0 Å². The van der Waals surface area contributed by atoms with E-state index in [0.29, 0.717) is 16.7 Å². The average molecular weight is 281 g/mol. The molecule has 6 nitrogen and oxygen atoms in total. The summed E-state index contributed by atoms with van der Waals surface area (Å²) in [7, 11) is 0. The largest absolute Gasteiger partial charge is 0.349 e. The molecule has 0 radical (unpaired) electrons. The van der Waals surface area contributed by atoms with Crippen molar-refractivity contribution in [2.24, 2.45) is 0 Å². The highest BCUT2D eigenvalue weighted by molar-refractivity contribution is 5.88. The molecule has 0 fully saturated rings. The molecule has 0 aliphatic heterocycles. The quantitative estimate of drug-likeness (QED) is 0.577. The fraction of sp³-hybridized carbons (Fsp3) is 0. The summed E-state index contributed by atoms with van der Waals surface area (Å²) in [5.41, 5.74) is 0.548. The van der Waals surface area contributed by atoms with E-state index in [-0.39, 0.29) is 11.4 Å². The number of nitrogens with zero attached hydrogens (tertiary/aromatic N) is 4. The number of aromatic amines is 1. The van der Waals surface area contributed by atoms with Crippen LogP contribution in [0.15, 0.2) is 47.4 Å².